The molecule has 0 aliphatic heterocycles. The van der Waals surface area contributed by atoms with E-state index in [1.165, 1.54) is 12.1 Å². The Morgan fingerprint density at radius 1 is 1.56 bits per heavy atom. The summed E-state index contributed by atoms with van der Waals surface area (Å²) >= 11 is 0. The molecular formula is C13H18FNO3. The molecule has 5 heteroatoms. The van der Waals surface area contributed by atoms with Gasteiger partial charge in [-0.3, -0.25) is 4.79 Å². The first-order valence-corrected chi connectivity index (χ1v) is 5.91. The Morgan fingerprint density at radius 3 is 2.89 bits per heavy atom. The number of hydrogen-bond donors (Lipinski definition) is 2. The fraction of sp³-hybridized carbons (Fsp3) is 0.462. The Morgan fingerprint density at radius 2 is 2.28 bits per heavy atom. The van der Waals surface area contributed by atoms with Crippen LogP contribution in [0.25, 0.3) is 0 Å². The summed E-state index contributed by atoms with van der Waals surface area (Å²) in [5, 5.41) is 9.05. The molecule has 1 atom stereocenters. The quantitative estimate of drug-likeness (QED) is 0.759. The third-order valence-corrected chi connectivity index (χ3v) is 2.53. The van der Waals surface area contributed by atoms with E-state index < -0.39 is 5.82 Å². The van der Waals surface area contributed by atoms with Crippen LogP contribution in [0.5, 0.6) is 5.75 Å². The number of rotatable bonds is 6. The number of ether oxygens (including phenoxy) is 1. The number of phenolic OH excluding ortho intramolecular Hbond substituents is 1. The molecule has 0 bridgehead atoms. The second-order valence-corrected chi connectivity index (χ2v) is 4.09. The van der Waals surface area contributed by atoms with Crippen molar-refractivity contribution in [3.63, 3.8) is 0 Å². The Balaban J connectivity index is 2.42. The molecule has 100 valence electrons. The summed E-state index contributed by atoms with van der Waals surface area (Å²) in [6.07, 6.45) is 1.20. The molecule has 0 spiro atoms. The average Bonchev–Trinajstić information content (AvgIpc) is 2.32. The molecule has 4 nitrogen and oxygen atoms in total. The van der Waals surface area contributed by atoms with Crippen LogP contribution in [0.4, 0.5) is 4.39 Å². The first-order valence-electron chi connectivity index (χ1n) is 5.91. The zero-order valence-electron chi connectivity index (χ0n) is 10.4. The molecule has 1 rings (SSSR count). The maximum Gasteiger partial charge on any atom is 0.305 e. The topological polar surface area (TPSA) is 72.5 Å². The molecule has 1 aromatic rings. The molecule has 0 saturated heterocycles. The fourth-order valence-corrected chi connectivity index (χ4v) is 1.62. The lowest BCUT2D eigenvalue weighted by molar-refractivity contribution is -0.143. The molecule has 0 radical (unpaired) electrons. The second-order valence-electron chi connectivity index (χ2n) is 4.09. The molecular weight excluding hydrogens is 237 g/mol. The third kappa shape index (κ3) is 4.71. The number of halogens is 1. The van der Waals surface area contributed by atoms with E-state index in [1.54, 1.807) is 13.0 Å². The highest BCUT2D eigenvalue weighted by Crippen LogP contribution is 2.17. The molecule has 0 heterocycles. The van der Waals surface area contributed by atoms with Gasteiger partial charge in [0.1, 0.15) is 0 Å². The minimum absolute atomic E-state index is 0.238. The van der Waals surface area contributed by atoms with E-state index >= 15 is 0 Å². The summed E-state index contributed by atoms with van der Waals surface area (Å²) in [4.78, 5) is 11.1. The summed E-state index contributed by atoms with van der Waals surface area (Å²) in [5.74, 6) is -1.31. The van der Waals surface area contributed by atoms with Gasteiger partial charge in [0, 0.05) is 12.5 Å². The Labute approximate surface area is 106 Å². The summed E-state index contributed by atoms with van der Waals surface area (Å²) in [5.41, 5.74) is 6.54. The second kappa shape index (κ2) is 6.96. The molecule has 0 aromatic heterocycles. The zero-order chi connectivity index (χ0) is 13.5. The van der Waals surface area contributed by atoms with Gasteiger partial charge in [0.05, 0.1) is 6.61 Å². The predicted octanol–water partition coefficient (Wildman–Crippen LogP) is 1.74. The van der Waals surface area contributed by atoms with Crippen molar-refractivity contribution in [1.29, 1.82) is 0 Å². The van der Waals surface area contributed by atoms with Crippen LogP contribution in [0.2, 0.25) is 0 Å². The van der Waals surface area contributed by atoms with Gasteiger partial charge < -0.3 is 15.6 Å². The van der Waals surface area contributed by atoms with Gasteiger partial charge >= 0.3 is 5.97 Å². The van der Waals surface area contributed by atoms with Crippen molar-refractivity contribution in [3.05, 3.63) is 29.6 Å². The standard InChI is InChI=1S/C13H18FNO3/c1-2-18-13(17)6-4-10(15)7-9-3-5-12(16)11(14)8-9/h3,5,8,10,16H,2,4,6-7,15H2,1H3. The van der Waals surface area contributed by atoms with Crippen LogP contribution in [0.1, 0.15) is 25.3 Å². The zero-order valence-corrected chi connectivity index (χ0v) is 10.4. The molecule has 0 aliphatic rings. The van der Waals surface area contributed by atoms with Gasteiger partial charge in [-0.2, -0.15) is 0 Å². The van der Waals surface area contributed by atoms with E-state index in [4.69, 9.17) is 15.6 Å². The van der Waals surface area contributed by atoms with E-state index in [0.29, 0.717) is 25.0 Å². The number of benzene rings is 1. The Hall–Kier alpha value is -1.62. The molecule has 1 unspecified atom stereocenters. The number of esters is 1. The van der Waals surface area contributed by atoms with Crippen molar-refractivity contribution < 1.29 is 19.0 Å². The third-order valence-electron chi connectivity index (χ3n) is 2.53. The monoisotopic (exact) mass is 255 g/mol. The van der Waals surface area contributed by atoms with Gasteiger partial charge in [-0.1, -0.05) is 6.07 Å². The minimum atomic E-state index is -0.662. The van der Waals surface area contributed by atoms with Gasteiger partial charge in [0.25, 0.3) is 0 Å². The number of carbonyl (C=O) groups is 1. The molecule has 1 aromatic carbocycles. The summed E-state index contributed by atoms with van der Waals surface area (Å²) in [6.45, 7) is 2.11. The highest BCUT2D eigenvalue weighted by atomic mass is 19.1. The van der Waals surface area contributed by atoms with E-state index in [0.717, 1.165) is 0 Å². The lowest BCUT2D eigenvalue weighted by Gasteiger charge is -2.11. The maximum absolute atomic E-state index is 13.1. The van der Waals surface area contributed by atoms with Crippen LogP contribution in [-0.4, -0.2) is 23.7 Å². The Kier molecular flexibility index (Phi) is 5.58. The van der Waals surface area contributed by atoms with Crippen LogP contribution >= 0.6 is 0 Å². The molecule has 0 saturated carbocycles. The van der Waals surface area contributed by atoms with Gasteiger partial charge in [0.15, 0.2) is 11.6 Å². The molecule has 0 amide bonds. The molecule has 0 fully saturated rings. The van der Waals surface area contributed by atoms with E-state index in [-0.39, 0.29) is 24.2 Å². The summed E-state index contributed by atoms with van der Waals surface area (Å²) < 4.78 is 17.9. The Bertz CT molecular complexity index is 409. The van der Waals surface area contributed by atoms with Crippen LogP contribution in [0.15, 0.2) is 18.2 Å². The lowest BCUT2D eigenvalue weighted by atomic mass is 10.0. The van der Waals surface area contributed by atoms with E-state index in [9.17, 15) is 9.18 Å². The van der Waals surface area contributed by atoms with Crippen molar-refractivity contribution in [2.24, 2.45) is 5.73 Å². The molecule has 18 heavy (non-hydrogen) atoms. The smallest absolute Gasteiger partial charge is 0.305 e. The van der Waals surface area contributed by atoms with Crippen molar-refractivity contribution in [2.75, 3.05) is 6.61 Å². The number of phenols is 1. The van der Waals surface area contributed by atoms with Crippen LogP contribution < -0.4 is 5.73 Å². The van der Waals surface area contributed by atoms with Crippen LogP contribution in [-0.2, 0) is 16.0 Å². The van der Waals surface area contributed by atoms with Crippen molar-refractivity contribution in [1.82, 2.24) is 0 Å². The molecule has 0 aliphatic carbocycles. The average molecular weight is 255 g/mol. The first-order chi connectivity index (χ1) is 8.52. The predicted molar refractivity (Wildman–Crippen MR) is 65.6 cm³/mol. The minimum Gasteiger partial charge on any atom is -0.505 e. The summed E-state index contributed by atoms with van der Waals surface area (Å²) in [7, 11) is 0. The first kappa shape index (κ1) is 14.4. The lowest BCUT2D eigenvalue weighted by Crippen LogP contribution is -2.24. The highest BCUT2D eigenvalue weighted by molar-refractivity contribution is 5.69. The molecule has 3 N–H and O–H groups in total. The highest BCUT2D eigenvalue weighted by Gasteiger charge is 2.10. The van der Waals surface area contributed by atoms with Gasteiger partial charge in [-0.15, -0.1) is 0 Å². The van der Waals surface area contributed by atoms with Crippen molar-refractivity contribution >= 4 is 5.97 Å². The van der Waals surface area contributed by atoms with Crippen LogP contribution in [0, 0.1) is 5.82 Å². The van der Waals surface area contributed by atoms with E-state index in [2.05, 4.69) is 0 Å². The number of hydrogen-bond acceptors (Lipinski definition) is 4. The maximum atomic E-state index is 13.1. The van der Waals surface area contributed by atoms with Crippen molar-refractivity contribution in [2.45, 2.75) is 32.2 Å². The number of nitrogens with two attached hydrogens (primary N) is 1. The van der Waals surface area contributed by atoms with Gasteiger partial charge in [0.2, 0.25) is 0 Å². The fourth-order valence-electron chi connectivity index (χ4n) is 1.62. The van der Waals surface area contributed by atoms with Gasteiger partial charge in [-0.05, 0) is 37.5 Å². The number of aromatic hydroxyl groups is 1. The normalized spacial score (nSPS) is 12.2. The SMILES string of the molecule is CCOC(=O)CCC(N)Cc1ccc(O)c(F)c1. The van der Waals surface area contributed by atoms with Crippen LogP contribution in [0.3, 0.4) is 0 Å². The van der Waals surface area contributed by atoms with E-state index in [1.807, 2.05) is 0 Å². The van der Waals surface area contributed by atoms with Crippen molar-refractivity contribution in [3.8, 4) is 5.75 Å². The largest absolute Gasteiger partial charge is 0.505 e. The van der Waals surface area contributed by atoms with Gasteiger partial charge in [-0.25, -0.2) is 4.39 Å². The number of carbonyl (C=O) groups excluding carboxylic acids is 1. The summed E-state index contributed by atoms with van der Waals surface area (Å²) in [6, 6.07) is 3.92.